The Labute approximate surface area is 129 Å². The monoisotopic (exact) mass is 336 g/mol. The molecule has 0 radical (unpaired) electrons. The van der Waals surface area contributed by atoms with Crippen LogP contribution in [-0.2, 0) is 6.54 Å². The molecule has 2 rings (SSSR count). The highest BCUT2D eigenvalue weighted by atomic mass is 79.9. The summed E-state index contributed by atoms with van der Waals surface area (Å²) in [6.45, 7) is 4.37. The first-order valence-electron chi connectivity index (χ1n) is 7.46. The van der Waals surface area contributed by atoms with Crippen LogP contribution in [0.25, 0.3) is 11.3 Å². The first kappa shape index (κ1) is 15.3. The molecule has 2 aromatic rings. The van der Waals surface area contributed by atoms with Gasteiger partial charge in [0.25, 0.3) is 0 Å². The highest BCUT2D eigenvalue weighted by Gasteiger charge is 2.05. The molecule has 0 amide bonds. The maximum absolute atomic E-state index is 5.89. The van der Waals surface area contributed by atoms with Gasteiger partial charge >= 0.3 is 0 Å². The molecule has 0 aliphatic heterocycles. The summed E-state index contributed by atoms with van der Waals surface area (Å²) < 4.78 is 6.98. The Kier molecular flexibility index (Phi) is 6.34. The van der Waals surface area contributed by atoms with Crippen LogP contribution in [0.1, 0.15) is 38.4 Å². The Balaban J connectivity index is 1.79. The number of nitrogens with two attached hydrogens (primary N) is 1. The van der Waals surface area contributed by atoms with Crippen molar-refractivity contribution in [3.8, 4) is 11.3 Å². The van der Waals surface area contributed by atoms with Gasteiger partial charge in [0, 0.05) is 10.0 Å². The second-order valence-corrected chi connectivity index (χ2v) is 6.03. The molecule has 0 bridgehead atoms. The summed E-state index contributed by atoms with van der Waals surface area (Å²) >= 11 is 3.45. The fourth-order valence-electron chi connectivity index (χ4n) is 2.22. The molecule has 2 N–H and O–H groups in total. The maximum Gasteiger partial charge on any atom is 0.158 e. The zero-order valence-corrected chi connectivity index (χ0v) is 13.7. The summed E-state index contributed by atoms with van der Waals surface area (Å²) in [5.74, 6) is 2.00. The average molecular weight is 337 g/mol. The van der Waals surface area contributed by atoms with Gasteiger partial charge in [0.1, 0.15) is 12.3 Å². The second-order valence-electron chi connectivity index (χ2n) is 5.11. The van der Waals surface area contributed by atoms with Crippen molar-refractivity contribution in [1.82, 2.24) is 0 Å². The molecule has 0 atom stereocenters. The molecule has 20 heavy (non-hydrogen) atoms. The summed E-state index contributed by atoms with van der Waals surface area (Å²) in [4.78, 5) is 0. The van der Waals surface area contributed by atoms with E-state index in [1.54, 1.807) is 0 Å². The Morgan fingerprint density at radius 1 is 1.00 bits per heavy atom. The van der Waals surface area contributed by atoms with Crippen LogP contribution in [0, 0.1) is 0 Å². The smallest absolute Gasteiger partial charge is 0.158 e. The van der Waals surface area contributed by atoms with E-state index in [0.717, 1.165) is 28.1 Å². The number of halogens is 1. The van der Waals surface area contributed by atoms with Crippen molar-refractivity contribution in [1.29, 1.82) is 0 Å². The molecular weight excluding hydrogens is 314 g/mol. The van der Waals surface area contributed by atoms with E-state index in [2.05, 4.69) is 52.4 Å². The lowest BCUT2D eigenvalue weighted by atomic mass is 10.2. The van der Waals surface area contributed by atoms with Crippen molar-refractivity contribution in [3.05, 3.63) is 46.6 Å². The number of hydrogen-bond acceptors (Lipinski definition) is 1. The largest absolute Gasteiger partial charge is 0.455 e. The topological polar surface area (TPSA) is 29.8 Å². The van der Waals surface area contributed by atoms with Crippen molar-refractivity contribution in [3.63, 3.8) is 0 Å². The fourth-order valence-corrected chi connectivity index (χ4v) is 2.48. The van der Waals surface area contributed by atoms with Crippen LogP contribution in [0.5, 0.6) is 0 Å². The van der Waals surface area contributed by atoms with Gasteiger partial charge in [0.2, 0.25) is 0 Å². The van der Waals surface area contributed by atoms with Gasteiger partial charge in [-0.1, -0.05) is 47.8 Å². The number of furan rings is 1. The van der Waals surface area contributed by atoms with E-state index < -0.39 is 0 Å². The minimum atomic E-state index is 0.933. The molecular formula is C17H23BrNO+. The van der Waals surface area contributed by atoms with Crippen LogP contribution < -0.4 is 5.32 Å². The minimum Gasteiger partial charge on any atom is -0.455 e. The van der Waals surface area contributed by atoms with Gasteiger partial charge in [-0.25, -0.2) is 0 Å². The number of benzene rings is 1. The fraction of sp³-hybridized carbons (Fsp3) is 0.412. The molecule has 0 saturated carbocycles. The van der Waals surface area contributed by atoms with Crippen LogP contribution in [0.15, 0.2) is 45.3 Å². The van der Waals surface area contributed by atoms with Gasteiger partial charge in [-0.05, 0) is 37.1 Å². The van der Waals surface area contributed by atoms with E-state index in [9.17, 15) is 0 Å². The standard InChI is InChI=1S/C17H22BrNO/c1-2-3-4-5-12-19-13-16-10-11-17(20-16)14-6-8-15(18)9-7-14/h6-11,19H,2-5,12-13H2,1H3/p+1. The van der Waals surface area contributed by atoms with Crippen LogP contribution >= 0.6 is 15.9 Å². The van der Waals surface area contributed by atoms with Crippen molar-refractivity contribution in [2.24, 2.45) is 0 Å². The lowest BCUT2D eigenvalue weighted by Gasteiger charge is -2.00. The molecule has 108 valence electrons. The molecule has 0 saturated heterocycles. The van der Waals surface area contributed by atoms with Crippen LogP contribution in [0.2, 0.25) is 0 Å². The Morgan fingerprint density at radius 2 is 1.80 bits per heavy atom. The number of unbranched alkanes of at least 4 members (excludes halogenated alkanes) is 3. The van der Waals surface area contributed by atoms with Crippen molar-refractivity contribution >= 4 is 15.9 Å². The SMILES string of the molecule is CCCCCC[NH2+]Cc1ccc(-c2ccc(Br)cc2)o1. The van der Waals surface area contributed by atoms with E-state index in [-0.39, 0.29) is 0 Å². The van der Waals surface area contributed by atoms with Crippen molar-refractivity contribution in [2.75, 3.05) is 6.54 Å². The molecule has 0 aliphatic carbocycles. The Morgan fingerprint density at radius 3 is 2.55 bits per heavy atom. The minimum absolute atomic E-state index is 0.933. The molecule has 1 aromatic carbocycles. The normalized spacial score (nSPS) is 10.9. The number of quaternary nitrogens is 1. The van der Waals surface area contributed by atoms with Gasteiger partial charge in [0.05, 0.1) is 6.54 Å². The van der Waals surface area contributed by atoms with Crippen LogP contribution in [0.4, 0.5) is 0 Å². The number of hydrogen-bond donors (Lipinski definition) is 1. The third kappa shape index (κ3) is 4.80. The van der Waals surface area contributed by atoms with Gasteiger partial charge < -0.3 is 9.73 Å². The third-order valence-corrected chi connectivity index (χ3v) is 3.93. The highest BCUT2D eigenvalue weighted by Crippen LogP contribution is 2.23. The molecule has 0 fully saturated rings. The molecule has 0 aliphatic rings. The Bertz CT molecular complexity index is 504. The zero-order valence-electron chi connectivity index (χ0n) is 12.1. The molecule has 1 aromatic heterocycles. The number of rotatable bonds is 8. The summed E-state index contributed by atoms with van der Waals surface area (Å²) in [6.07, 6.45) is 5.29. The van der Waals surface area contributed by atoms with Gasteiger partial charge in [-0.15, -0.1) is 0 Å². The van der Waals surface area contributed by atoms with E-state index in [0.29, 0.717) is 0 Å². The Hall–Kier alpha value is -1.06. The van der Waals surface area contributed by atoms with Crippen molar-refractivity contribution < 1.29 is 9.73 Å². The van der Waals surface area contributed by atoms with Crippen LogP contribution in [-0.4, -0.2) is 6.54 Å². The molecule has 3 heteroatoms. The molecule has 2 nitrogen and oxygen atoms in total. The van der Waals surface area contributed by atoms with Gasteiger partial charge in [-0.3, -0.25) is 0 Å². The third-order valence-electron chi connectivity index (χ3n) is 3.40. The maximum atomic E-state index is 5.89. The van der Waals surface area contributed by atoms with E-state index in [1.165, 1.54) is 32.2 Å². The lowest BCUT2D eigenvalue weighted by molar-refractivity contribution is -0.672. The summed E-state index contributed by atoms with van der Waals surface area (Å²) in [5, 5.41) is 2.33. The summed E-state index contributed by atoms with van der Waals surface area (Å²) in [6, 6.07) is 12.4. The summed E-state index contributed by atoms with van der Waals surface area (Å²) in [5.41, 5.74) is 1.13. The van der Waals surface area contributed by atoms with E-state index in [1.807, 2.05) is 12.1 Å². The predicted molar refractivity (Wildman–Crippen MR) is 86.5 cm³/mol. The second kappa shape index (κ2) is 8.28. The van der Waals surface area contributed by atoms with Gasteiger partial charge in [0.15, 0.2) is 5.76 Å². The van der Waals surface area contributed by atoms with E-state index in [4.69, 9.17) is 4.42 Å². The van der Waals surface area contributed by atoms with Crippen LogP contribution in [0.3, 0.4) is 0 Å². The zero-order chi connectivity index (χ0) is 14.2. The highest BCUT2D eigenvalue weighted by molar-refractivity contribution is 9.10. The summed E-state index contributed by atoms with van der Waals surface area (Å²) in [7, 11) is 0. The average Bonchev–Trinajstić information content (AvgIpc) is 2.92. The molecule has 0 spiro atoms. The first-order valence-corrected chi connectivity index (χ1v) is 8.25. The van der Waals surface area contributed by atoms with E-state index >= 15 is 0 Å². The quantitative estimate of drug-likeness (QED) is 0.713. The van der Waals surface area contributed by atoms with Gasteiger partial charge in [-0.2, -0.15) is 0 Å². The lowest BCUT2D eigenvalue weighted by Crippen LogP contribution is -2.82. The molecule has 1 heterocycles. The van der Waals surface area contributed by atoms with Crippen molar-refractivity contribution in [2.45, 2.75) is 39.2 Å². The predicted octanol–water partition coefficient (Wildman–Crippen LogP) is 4.35. The first-order chi connectivity index (χ1) is 9.79. The molecule has 0 unspecified atom stereocenters.